The molecule has 5 atom stereocenters. The third kappa shape index (κ3) is 7.97. The predicted octanol–water partition coefficient (Wildman–Crippen LogP) is -0.855. The van der Waals surface area contributed by atoms with Crippen molar-refractivity contribution >= 4 is 29.5 Å². The highest BCUT2D eigenvalue weighted by Crippen LogP contribution is 2.31. The highest BCUT2D eigenvalue weighted by molar-refractivity contribution is 6.12. The van der Waals surface area contributed by atoms with Gasteiger partial charge in [-0.3, -0.25) is 19.3 Å². The zero-order valence-electron chi connectivity index (χ0n) is 21.3. The molecule has 0 bridgehead atoms. The summed E-state index contributed by atoms with van der Waals surface area (Å²) in [7, 11) is 1.41. The van der Waals surface area contributed by atoms with Gasteiger partial charge >= 0.3 is 6.09 Å². The molecule has 39 heavy (non-hydrogen) atoms. The summed E-state index contributed by atoms with van der Waals surface area (Å²) in [5.74, 6) is -1.04. The van der Waals surface area contributed by atoms with Crippen LogP contribution in [0.3, 0.4) is 0 Å². The number of carbonyl (C=O) groups is 4. The monoisotopic (exact) mass is 551 g/mol. The van der Waals surface area contributed by atoms with Crippen LogP contribution in [0.1, 0.15) is 31.2 Å². The summed E-state index contributed by atoms with van der Waals surface area (Å²) >= 11 is 0. The van der Waals surface area contributed by atoms with Gasteiger partial charge in [0.15, 0.2) is 0 Å². The lowest BCUT2D eigenvalue weighted by molar-refractivity contribution is -0.277. The van der Waals surface area contributed by atoms with E-state index in [-0.39, 0.29) is 48.7 Å². The molecular weight excluding hydrogens is 518 g/mol. The minimum Gasteiger partial charge on any atom is -0.460 e. The van der Waals surface area contributed by atoms with Gasteiger partial charge in [-0.05, 0) is 30.5 Å². The second-order valence-electron chi connectivity index (χ2n) is 8.99. The Morgan fingerprint density at radius 3 is 2.41 bits per heavy atom. The Hall–Kier alpha value is -3.56. The number of hydrogen-bond donors (Lipinski definition) is 6. The molecule has 6 N–H and O–H groups in total. The number of aliphatic hydroxyl groups excluding tert-OH is 4. The number of imide groups is 1. The van der Waals surface area contributed by atoms with Crippen LogP contribution in [0.4, 0.5) is 10.5 Å². The fourth-order valence-corrected chi connectivity index (χ4v) is 3.97. The molecule has 2 heterocycles. The quantitative estimate of drug-likeness (QED) is 0.139. The van der Waals surface area contributed by atoms with Crippen molar-refractivity contribution in [1.82, 2.24) is 10.2 Å². The van der Waals surface area contributed by atoms with Crippen LogP contribution in [0.15, 0.2) is 30.4 Å². The summed E-state index contributed by atoms with van der Waals surface area (Å²) < 4.78 is 16.1. The molecule has 4 amide bonds. The molecule has 14 nitrogen and oxygen atoms in total. The van der Waals surface area contributed by atoms with Crippen LogP contribution in [0.2, 0.25) is 0 Å². The summed E-state index contributed by atoms with van der Waals surface area (Å²) in [4.78, 5) is 48.5. The first-order valence-corrected chi connectivity index (χ1v) is 12.4. The molecule has 214 valence electrons. The van der Waals surface area contributed by atoms with Crippen molar-refractivity contribution in [2.75, 3.05) is 25.5 Å². The molecule has 3 rings (SSSR count). The predicted molar refractivity (Wildman–Crippen MR) is 133 cm³/mol. The third-order valence-corrected chi connectivity index (χ3v) is 6.17. The number of amides is 4. The Morgan fingerprint density at radius 1 is 1.03 bits per heavy atom. The maximum atomic E-state index is 12.7. The van der Waals surface area contributed by atoms with Crippen LogP contribution in [0.5, 0.6) is 5.75 Å². The summed E-state index contributed by atoms with van der Waals surface area (Å²) in [6.45, 7) is -0.497. The standard InChI is InChI=1S/C25H33N3O11/c1-26-25(36)37-13-14-6-7-16(38-24-23(35)22(34)21(33)17(12-29)39-24)15(11-14)27-18(30)5-3-2-4-10-28-19(31)8-9-20(28)32/h6-9,11,17,21-24,29,33-35H,2-5,10,12-13H2,1H3,(H,26,36)(H,27,30)/t17-,21?,22+,23-,24-/m1/s1. The van der Waals surface area contributed by atoms with Gasteiger partial charge in [0.2, 0.25) is 12.2 Å². The van der Waals surface area contributed by atoms with Gasteiger partial charge in [0.1, 0.15) is 36.8 Å². The van der Waals surface area contributed by atoms with Gasteiger partial charge in [0, 0.05) is 32.2 Å². The van der Waals surface area contributed by atoms with Crippen molar-refractivity contribution < 1.29 is 53.8 Å². The molecule has 0 radical (unpaired) electrons. The fourth-order valence-electron chi connectivity index (χ4n) is 3.97. The van der Waals surface area contributed by atoms with Crippen LogP contribution < -0.4 is 15.4 Å². The molecule has 1 fully saturated rings. The van der Waals surface area contributed by atoms with Gasteiger partial charge in [-0.25, -0.2) is 4.79 Å². The molecule has 1 saturated heterocycles. The molecule has 14 heteroatoms. The second kappa shape index (κ2) is 14.0. The highest BCUT2D eigenvalue weighted by atomic mass is 16.7. The van der Waals surface area contributed by atoms with Crippen molar-refractivity contribution in [2.24, 2.45) is 0 Å². The maximum absolute atomic E-state index is 12.7. The van der Waals surface area contributed by atoms with E-state index >= 15 is 0 Å². The zero-order valence-corrected chi connectivity index (χ0v) is 21.3. The Bertz CT molecular complexity index is 1060. The van der Waals surface area contributed by atoms with Crippen LogP contribution >= 0.6 is 0 Å². The summed E-state index contributed by atoms with van der Waals surface area (Å²) in [6.07, 6.45) is -4.07. The normalized spacial score (nSPS) is 24.5. The SMILES string of the molecule is CNC(=O)OCc1ccc(O[C@@H]2O[C@H](CO)C(O)[C@H](O)[C@H]2O)c(NC(=O)CCCCCN2C(=O)C=CC2=O)c1. The first-order chi connectivity index (χ1) is 18.6. The molecule has 2 aliphatic heterocycles. The molecular formula is C25H33N3O11. The molecule has 1 aromatic carbocycles. The number of anilines is 1. The maximum Gasteiger partial charge on any atom is 0.407 e. The zero-order chi connectivity index (χ0) is 28.5. The Labute approximate surface area is 224 Å². The molecule has 0 spiro atoms. The third-order valence-electron chi connectivity index (χ3n) is 6.17. The first-order valence-electron chi connectivity index (χ1n) is 12.4. The number of aliphatic hydroxyl groups is 4. The van der Waals surface area contributed by atoms with Crippen LogP contribution in [0, 0.1) is 0 Å². The topological polar surface area (TPSA) is 204 Å². The lowest BCUT2D eigenvalue weighted by atomic mass is 9.99. The molecule has 1 unspecified atom stereocenters. The van der Waals surface area contributed by atoms with E-state index in [4.69, 9.17) is 14.2 Å². The second-order valence-corrected chi connectivity index (χ2v) is 8.99. The lowest BCUT2D eigenvalue weighted by Gasteiger charge is -2.39. The molecule has 0 aromatic heterocycles. The summed E-state index contributed by atoms with van der Waals surface area (Å²) in [5, 5.41) is 44.8. The summed E-state index contributed by atoms with van der Waals surface area (Å²) in [6, 6.07) is 4.49. The Kier molecular flexibility index (Phi) is 10.8. The summed E-state index contributed by atoms with van der Waals surface area (Å²) in [5.41, 5.74) is 0.665. The van der Waals surface area contributed by atoms with Crippen molar-refractivity contribution in [2.45, 2.75) is 63.0 Å². The van der Waals surface area contributed by atoms with Gasteiger partial charge in [0.05, 0.1) is 12.3 Å². The van der Waals surface area contributed by atoms with Gasteiger partial charge in [-0.1, -0.05) is 12.5 Å². The van der Waals surface area contributed by atoms with Crippen LogP contribution in [0.25, 0.3) is 0 Å². The molecule has 0 saturated carbocycles. The Balaban J connectivity index is 1.63. The van der Waals surface area contributed by atoms with Gasteiger partial charge in [-0.2, -0.15) is 0 Å². The van der Waals surface area contributed by atoms with Gasteiger partial charge in [0.25, 0.3) is 11.8 Å². The number of rotatable bonds is 12. The minimum absolute atomic E-state index is 0.0509. The van der Waals surface area contributed by atoms with E-state index in [9.17, 15) is 39.6 Å². The fraction of sp³-hybridized carbons (Fsp3) is 0.520. The molecule has 0 aliphatic carbocycles. The van der Waals surface area contributed by atoms with Gasteiger partial charge in [-0.15, -0.1) is 0 Å². The van der Waals surface area contributed by atoms with Crippen LogP contribution in [-0.2, 0) is 30.5 Å². The first kappa shape index (κ1) is 30.0. The van der Waals surface area contributed by atoms with E-state index in [0.717, 1.165) is 4.90 Å². The highest BCUT2D eigenvalue weighted by Gasteiger charge is 2.45. The number of unbranched alkanes of at least 4 members (excludes halogenated alkanes) is 2. The smallest absolute Gasteiger partial charge is 0.407 e. The van der Waals surface area contributed by atoms with E-state index in [2.05, 4.69) is 10.6 Å². The largest absolute Gasteiger partial charge is 0.460 e. The van der Waals surface area contributed by atoms with Crippen molar-refractivity contribution in [3.63, 3.8) is 0 Å². The average molecular weight is 552 g/mol. The number of carbonyl (C=O) groups excluding carboxylic acids is 4. The molecule has 1 aromatic rings. The van der Waals surface area contributed by atoms with Crippen molar-refractivity contribution in [3.05, 3.63) is 35.9 Å². The van der Waals surface area contributed by atoms with Crippen molar-refractivity contribution in [1.29, 1.82) is 0 Å². The Morgan fingerprint density at radius 2 is 1.74 bits per heavy atom. The van der Waals surface area contributed by atoms with Gasteiger partial charge < -0.3 is 45.3 Å². The van der Waals surface area contributed by atoms with E-state index < -0.39 is 43.4 Å². The number of nitrogens with zero attached hydrogens (tertiary/aromatic N) is 1. The molecule has 2 aliphatic rings. The number of alkyl carbamates (subject to hydrolysis) is 1. The van der Waals surface area contributed by atoms with Crippen LogP contribution in [-0.4, -0.2) is 100 Å². The number of ether oxygens (including phenoxy) is 3. The average Bonchev–Trinajstić information content (AvgIpc) is 3.24. The lowest BCUT2D eigenvalue weighted by Crippen LogP contribution is -2.60. The van der Waals surface area contributed by atoms with E-state index in [1.807, 2.05) is 0 Å². The minimum atomic E-state index is -1.66. The van der Waals surface area contributed by atoms with E-state index in [0.29, 0.717) is 24.8 Å². The van der Waals surface area contributed by atoms with E-state index in [1.165, 1.54) is 31.3 Å². The number of nitrogens with one attached hydrogen (secondary N) is 2. The number of benzene rings is 1. The van der Waals surface area contributed by atoms with Crippen molar-refractivity contribution in [3.8, 4) is 5.75 Å². The van der Waals surface area contributed by atoms with E-state index in [1.54, 1.807) is 6.07 Å². The number of hydrogen-bond acceptors (Lipinski definition) is 11.